The number of hydrogen-bond acceptors (Lipinski definition) is 6. The van der Waals surface area contributed by atoms with Crippen molar-refractivity contribution < 1.29 is 28.4 Å². The smallest absolute Gasteiger partial charge is 0.349 e. The number of carbonyl (C=O) groups excluding carboxylic acids is 2. The Labute approximate surface area is 153 Å². The predicted molar refractivity (Wildman–Crippen MR) is 92.0 cm³/mol. The zero-order valence-electron chi connectivity index (χ0n) is 14.0. The molecule has 0 heterocycles. The third-order valence-corrected chi connectivity index (χ3v) is 3.75. The highest BCUT2D eigenvalue weighted by Gasteiger charge is 2.29. The second kappa shape index (κ2) is 7.81. The van der Waals surface area contributed by atoms with Crippen LogP contribution in [-0.2, 0) is 9.59 Å². The first-order valence-corrected chi connectivity index (χ1v) is 8.11. The first-order valence-electron chi connectivity index (χ1n) is 8.11. The maximum Gasteiger partial charge on any atom is 0.349 e. The lowest BCUT2D eigenvalue weighted by Crippen LogP contribution is -2.18. The average molecular weight is 374 g/mol. The summed E-state index contributed by atoms with van der Waals surface area (Å²) in [5.74, 6) is -1.93. The molecule has 0 spiro atoms. The Kier molecular flexibility index (Phi) is 5.30. The Morgan fingerprint density at radius 2 is 2.00 bits per heavy atom. The van der Waals surface area contributed by atoms with Crippen molar-refractivity contribution in [2.24, 2.45) is 5.92 Å². The molecule has 2 aromatic carbocycles. The first kappa shape index (κ1) is 18.3. The van der Waals surface area contributed by atoms with Gasteiger partial charge in [-0.1, -0.05) is 6.07 Å². The van der Waals surface area contributed by atoms with Gasteiger partial charge in [0.05, 0.1) is 4.92 Å². The minimum Gasteiger partial charge on any atom is -0.482 e. The number of benzene rings is 2. The fourth-order valence-electron chi connectivity index (χ4n) is 2.27. The lowest BCUT2D eigenvalue weighted by molar-refractivity contribution is -0.385. The van der Waals surface area contributed by atoms with E-state index in [9.17, 15) is 24.1 Å². The number of ether oxygens (including phenoxy) is 2. The fourth-order valence-corrected chi connectivity index (χ4v) is 2.27. The second-order valence-corrected chi connectivity index (χ2v) is 5.92. The third-order valence-electron chi connectivity index (χ3n) is 3.75. The Bertz CT molecular complexity index is 897. The molecule has 1 fully saturated rings. The Hall–Kier alpha value is -3.49. The lowest BCUT2D eigenvalue weighted by Gasteiger charge is -2.09. The molecule has 0 saturated heterocycles. The summed E-state index contributed by atoms with van der Waals surface area (Å²) in [4.78, 5) is 33.7. The standard InChI is InChI=1S/C18H15FN2O6/c19-12-6-7-15(21(24)25)16(8-12)27-17(22)10-26-14-3-1-2-13(9-14)20-18(23)11-4-5-11/h1-3,6-9,11H,4-5,10H2,(H,20,23). The third kappa shape index (κ3) is 5.00. The minimum atomic E-state index is -0.934. The quantitative estimate of drug-likeness (QED) is 0.345. The summed E-state index contributed by atoms with van der Waals surface area (Å²) >= 11 is 0. The van der Waals surface area contributed by atoms with Gasteiger partial charge in [-0.2, -0.15) is 0 Å². The van der Waals surface area contributed by atoms with Gasteiger partial charge in [0.15, 0.2) is 6.61 Å². The van der Waals surface area contributed by atoms with Crippen LogP contribution in [0.3, 0.4) is 0 Å². The van der Waals surface area contributed by atoms with Gasteiger partial charge in [0, 0.05) is 29.8 Å². The summed E-state index contributed by atoms with van der Waals surface area (Å²) in [6, 6.07) is 8.99. The molecule has 3 rings (SSSR count). The van der Waals surface area contributed by atoms with Gasteiger partial charge < -0.3 is 14.8 Å². The molecular weight excluding hydrogens is 359 g/mol. The van der Waals surface area contributed by atoms with Gasteiger partial charge in [-0.05, 0) is 31.0 Å². The van der Waals surface area contributed by atoms with E-state index in [0.29, 0.717) is 11.4 Å². The van der Waals surface area contributed by atoms with E-state index in [1.165, 1.54) is 6.07 Å². The van der Waals surface area contributed by atoms with Crippen LogP contribution >= 0.6 is 0 Å². The van der Waals surface area contributed by atoms with E-state index in [2.05, 4.69) is 5.32 Å². The van der Waals surface area contributed by atoms with Gasteiger partial charge in [-0.25, -0.2) is 9.18 Å². The van der Waals surface area contributed by atoms with Crippen LogP contribution in [0.5, 0.6) is 11.5 Å². The fraction of sp³-hybridized carbons (Fsp3) is 0.222. The highest BCUT2D eigenvalue weighted by Crippen LogP contribution is 2.31. The largest absolute Gasteiger partial charge is 0.482 e. The summed E-state index contributed by atoms with van der Waals surface area (Å²) in [6.07, 6.45) is 1.75. The summed E-state index contributed by atoms with van der Waals surface area (Å²) in [6.45, 7) is -0.548. The van der Waals surface area contributed by atoms with Gasteiger partial charge >= 0.3 is 11.7 Å². The summed E-state index contributed by atoms with van der Waals surface area (Å²) in [5, 5.41) is 13.6. The SMILES string of the molecule is O=C(COc1cccc(NC(=O)C2CC2)c1)Oc1cc(F)ccc1[N+](=O)[O-]. The molecule has 0 bridgehead atoms. The van der Waals surface area contributed by atoms with Gasteiger partial charge in [0.25, 0.3) is 0 Å². The highest BCUT2D eigenvalue weighted by molar-refractivity contribution is 5.94. The number of nitro benzene ring substituents is 1. The van der Waals surface area contributed by atoms with Crippen molar-refractivity contribution in [3.05, 3.63) is 58.4 Å². The lowest BCUT2D eigenvalue weighted by atomic mass is 10.3. The molecule has 0 aromatic heterocycles. The molecule has 0 atom stereocenters. The zero-order valence-corrected chi connectivity index (χ0v) is 14.0. The van der Waals surface area contributed by atoms with Crippen molar-refractivity contribution in [3.63, 3.8) is 0 Å². The summed E-state index contributed by atoms with van der Waals surface area (Å²) < 4.78 is 23.4. The molecule has 1 amide bonds. The second-order valence-electron chi connectivity index (χ2n) is 5.92. The molecule has 27 heavy (non-hydrogen) atoms. The van der Waals surface area contributed by atoms with E-state index in [-0.39, 0.29) is 11.8 Å². The van der Waals surface area contributed by atoms with E-state index < -0.39 is 34.8 Å². The number of nitrogens with zero attached hydrogens (tertiary/aromatic N) is 1. The summed E-state index contributed by atoms with van der Waals surface area (Å²) in [7, 11) is 0. The van der Waals surface area contributed by atoms with E-state index in [1.807, 2.05) is 0 Å². The van der Waals surface area contributed by atoms with E-state index in [1.54, 1.807) is 18.2 Å². The summed E-state index contributed by atoms with van der Waals surface area (Å²) in [5.41, 5.74) is -0.00642. The van der Waals surface area contributed by atoms with Crippen LogP contribution in [0.1, 0.15) is 12.8 Å². The van der Waals surface area contributed by atoms with Gasteiger partial charge in [0.1, 0.15) is 11.6 Å². The van der Waals surface area contributed by atoms with Crippen LogP contribution in [0.15, 0.2) is 42.5 Å². The van der Waals surface area contributed by atoms with Crippen LogP contribution in [0, 0.1) is 21.8 Å². The first-order chi connectivity index (χ1) is 12.9. The number of anilines is 1. The van der Waals surface area contributed by atoms with E-state index in [0.717, 1.165) is 31.0 Å². The van der Waals surface area contributed by atoms with Crippen molar-refractivity contribution >= 4 is 23.3 Å². The predicted octanol–water partition coefficient (Wildman–Crippen LogP) is 3.07. The van der Waals surface area contributed by atoms with Crippen LogP contribution in [0.2, 0.25) is 0 Å². The molecule has 1 aliphatic carbocycles. The van der Waals surface area contributed by atoms with E-state index in [4.69, 9.17) is 9.47 Å². The molecule has 9 heteroatoms. The number of rotatable bonds is 7. The Morgan fingerprint density at radius 3 is 2.70 bits per heavy atom. The normalized spacial score (nSPS) is 12.9. The number of hydrogen-bond donors (Lipinski definition) is 1. The minimum absolute atomic E-state index is 0.0478. The van der Waals surface area contributed by atoms with Gasteiger partial charge in [0.2, 0.25) is 11.7 Å². The van der Waals surface area contributed by atoms with Crippen molar-refractivity contribution in [1.29, 1.82) is 0 Å². The number of halogens is 1. The molecule has 2 aromatic rings. The molecular formula is C18H15FN2O6. The van der Waals surface area contributed by atoms with Crippen molar-refractivity contribution in [3.8, 4) is 11.5 Å². The monoisotopic (exact) mass is 374 g/mol. The maximum atomic E-state index is 13.2. The van der Waals surface area contributed by atoms with Crippen LogP contribution in [0.25, 0.3) is 0 Å². The number of esters is 1. The zero-order chi connectivity index (χ0) is 19.4. The Balaban J connectivity index is 1.58. The van der Waals surface area contributed by atoms with E-state index >= 15 is 0 Å². The molecule has 0 radical (unpaired) electrons. The van der Waals surface area contributed by atoms with Crippen LogP contribution < -0.4 is 14.8 Å². The number of amides is 1. The number of nitro groups is 1. The topological polar surface area (TPSA) is 108 Å². The van der Waals surface area contributed by atoms with Crippen LogP contribution in [-0.4, -0.2) is 23.4 Å². The van der Waals surface area contributed by atoms with Gasteiger partial charge in [-0.15, -0.1) is 0 Å². The van der Waals surface area contributed by atoms with Gasteiger partial charge in [-0.3, -0.25) is 14.9 Å². The number of carbonyl (C=O) groups is 2. The maximum absolute atomic E-state index is 13.2. The van der Waals surface area contributed by atoms with Crippen molar-refractivity contribution in [2.75, 3.05) is 11.9 Å². The molecule has 8 nitrogen and oxygen atoms in total. The molecule has 0 aliphatic heterocycles. The molecule has 0 unspecified atom stereocenters. The highest BCUT2D eigenvalue weighted by atomic mass is 19.1. The Morgan fingerprint density at radius 1 is 1.22 bits per heavy atom. The molecule has 1 saturated carbocycles. The number of nitrogens with one attached hydrogen (secondary N) is 1. The molecule has 140 valence electrons. The van der Waals surface area contributed by atoms with Crippen molar-refractivity contribution in [2.45, 2.75) is 12.8 Å². The van der Waals surface area contributed by atoms with Crippen LogP contribution in [0.4, 0.5) is 15.8 Å². The molecule has 1 N–H and O–H groups in total. The molecule has 1 aliphatic rings. The van der Waals surface area contributed by atoms with Crippen molar-refractivity contribution in [1.82, 2.24) is 0 Å². The average Bonchev–Trinajstić information content (AvgIpc) is 3.45.